The summed E-state index contributed by atoms with van der Waals surface area (Å²) < 4.78 is 0. The van der Waals surface area contributed by atoms with Gasteiger partial charge >= 0.3 is 0 Å². The molecule has 208 valence electrons. The number of nitrogens with two attached hydrogens (primary N) is 2. The van der Waals surface area contributed by atoms with Crippen LogP contribution in [0.2, 0.25) is 0 Å². The van der Waals surface area contributed by atoms with Gasteiger partial charge in [0.25, 0.3) is 0 Å². The maximum atomic E-state index is 13.3. The van der Waals surface area contributed by atoms with E-state index in [2.05, 4.69) is 21.3 Å². The van der Waals surface area contributed by atoms with E-state index in [0.717, 1.165) is 11.1 Å². The average molecular weight is 539 g/mol. The molecule has 1 aliphatic rings. The third-order valence-electron chi connectivity index (χ3n) is 6.32. The van der Waals surface area contributed by atoms with Crippen molar-refractivity contribution in [2.45, 2.75) is 56.3 Å². The van der Waals surface area contributed by atoms with Crippen LogP contribution in [0.25, 0.3) is 0 Å². The van der Waals surface area contributed by atoms with E-state index in [0.29, 0.717) is 6.42 Å². The quantitative estimate of drug-likeness (QED) is 0.228. The van der Waals surface area contributed by atoms with Crippen LogP contribution in [0.4, 0.5) is 0 Å². The maximum absolute atomic E-state index is 13.3. The molecule has 0 aromatic heterocycles. The fourth-order valence-electron chi connectivity index (χ4n) is 4.14. The van der Waals surface area contributed by atoms with Gasteiger partial charge in [-0.3, -0.25) is 24.0 Å². The fourth-order valence-corrected chi connectivity index (χ4v) is 4.14. The Morgan fingerprint density at radius 1 is 0.974 bits per heavy atom. The van der Waals surface area contributed by atoms with E-state index in [9.17, 15) is 29.1 Å². The molecule has 0 aliphatic carbocycles. The Hall–Kier alpha value is -4.45. The molecule has 12 nitrogen and oxygen atoms in total. The number of amides is 5. The van der Waals surface area contributed by atoms with Gasteiger partial charge in [0.2, 0.25) is 29.5 Å². The zero-order chi connectivity index (χ0) is 28.4. The van der Waals surface area contributed by atoms with Crippen molar-refractivity contribution in [3.8, 4) is 5.75 Å². The first-order chi connectivity index (χ1) is 18.6. The summed E-state index contributed by atoms with van der Waals surface area (Å²) in [6.45, 7) is 0.172. The minimum atomic E-state index is -1.26. The van der Waals surface area contributed by atoms with Crippen LogP contribution in [0, 0.1) is 0 Å². The van der Waals surface area contributed by atoms with Crippen LogP contribution < -0.4 is 32.7 Å². The van der Waals surface area contributed by atoms with E-state index in [1.807, 2.05) is 0 Å². The number of nitrogens with one attached hydrogen (secondary N) is 4. The van der Waals surface area contributed by atoms with Gasteiger partial charge in [-0.1, -0.05) is 42.5 Å². The van der Waals surface area contributed by atoms with Crippen molar-refractivity contribution >= 4 is 29.5 Å². The van der Waals surface area contributed by atoms with Gasteiger partial charge in [0.15, 0.2) is 0 Å². The molecule has 1 fully saturated rings. The molecule has 0 unspecified atom stereocenters. The molecule has 1 saturated heterocycles. The zero-order valence-corrected chi connectivity index (χ0v) is 21.4. The molecule has 0 saturated carbocycles. The number of primary amides is 1. The van der Waals surface area contributed by atoms with Gasteiger partial charge in [-0.2, -0.15) is 0 Å². The SMILES string of the molecule is NC(=O)[C@@H]1CC(=O)NCCC[C@@H](NC(=O)[C@@H](N)Cc2ccc(O)cc2)C(=O)N[C@H](Cc2ccccc2)C(=O)N1. The Labute approximate surface area is 225 Å². The van der Waals surface area contributed by atoms with E-state index in [1.54, 1.807) is 42.5 Å². The first-order valence-corrected chi connectivity index (χ1v) is 12.7. The molecule has 39 heavy (non-hydrogen) atoms. The predicted molar refractivity (Wildman–Crippen MR) is 142 cm³/mol. The van der Waals surface area contributed by atoms with Crippen molar-refractivity contribution < 1.29 is 29.1 Å². The highest BCUT2D eigenvalue weighted by molar-refractivity contribution is 5.96. The summed E-state index contributed by atoms with van der Waals surface area (Å²) in [6.07, 6.45) is 0.395. The third-order valence-corrected chi connectivity index (χ3v) is 6.32. The van der Waals surface area contributed by atoms with E-state index in [4.69, 9.17) is 11.5 Å². The minimum Gasteiger partial charge on any atom is -0.508 e. The molecule has 1 aliphatic heterocycles. The summed E-state index contributed by atoms with van der Waals surface area (Å²) in [4.78, 5) is 63.6. The van der Waals surface area contributed by atoms with Crippen molar-refractivity contribution in [1.82, 2.24) is 21.3 Å². The van der Waals surface area contributed by atoms with Gasteiger partial charge in [0.1, 0.15) is 23.9 Å². The van der Waals surface area contributed by atoms with E-state index < -0.39 is 53.7 Å². The highest BCUT2D eigenvalue weighted by Crippen LogP contribution is 2.12. The first-order valence-electron chi connectivity index (χ1n) is 12.7. The number of aromatic hydroxyl groups is 1. The van der Waals surface area contributed by atoms with E-state index in [-0.39, 0.29) is 38.0 Å². The van der Waals surface area contributed by atoms with Gasteiger partial charge in [0, 0.05) is 13.0 Å². The summed E-state index contributed by atoms with van der Waals surface area (Å²) in [5.74, 6) is -3.18. The van der Waals surface area contributed by atoms with Gasteiger partial charge in [0.05, 0.1) is 12.5 Å². The topological polar surface area (TPSA) is 206 Å². The zero-order valence-electron chi connectivity index (χ0n) is 21.4. The molecule has 12 heteroatoms. The van der Waals surface area contributed by atoms with Crippen LogP contribution in [-0.4, -0.2) is 65.4 Å². The Balaban J connectivity index is 1.79. The summed E-state index contributed by atoms with van der Waals surface area (Å²) in [7, 11) is 0. The van der Waals surface area contributed by atoms with Crippen LogP contribution in [0.1, 0.15) is 30.4 Å². The number of phenolic OH excluding ortho intramolecular Hbond substituents is 1. The number of carbonyl (C=O) groups excluding carboxylic acids is 5. The number of phenols is 1. The van der Waals surface area contributed by atoms with E-state index in [1.165, 1.54) is 12.1 Å². The maximum Gasteiger partial charge on any atom is 0.243 e. The molecule has 4 atom stereocenters. The fraction of sp³-hybridized carbons (Fsp3) is 0.370. The smallest absolute Gasteiger partial charge is 0.243 e. The van der Waals surface area contributed by atoms with Crippen LogP contribution in [0.3, 0.4) is 0 Å². The third kappa shape index (κ3) is 9.11. The van der Waals surface area contributed by atoms with Gasteiger partial charge < -0.3 is 37.8 Å². The predicted octanol–water partition coefficient (Wildman–Crippen LogP) is -1.26. The summed E-state index contributed by atoms with van der Waals surface area (Å²) in [5.41, 5.74) is 13.0. The minimum absolute atomic E-state index is 0.0841. The monoisotopic (exact) mass is 538 g/mol. The highest BCUT2D eigenvalue weighted by Gasteiger charge is 2.31. The molecule has 9 N–H and O–H groups in total. The van der Waals surface area contributed by atoms with Crippen LogP contribution in [-0.2, 0) is 36.8 Å². The van der Waals surface area contributed by atoms with Gasteiger partial charge in [-0.05, 0) is 42.5 Å². The van der Waals surface area contributed by atoms with Crippen molar-refractivity contribution in [3.63, 3.8) is 0 Å². The lowest BCUT2D eigenvalue weighted by molar-refractivity contribution is -0.134. The normalized spacial score (nSPS) is 21.6. The summed E-state index contributed by atoms with van der Waals surface area (Å²) in [5, 5.41) is 19.9. The lowest BCUT2D eigenvalue weighted by Gasteiger charge is -2.25. The molecule has 0 radical (unpaired) electrons. The van der Waals surface area contributed by atoms with Gasteiger partial charge in [-0.15, -0.1) is 0 Å². The molecule has 2 aromatic rings. The number of hydrogen-bond donors (Lipinski definition) is 7. The second-order valence-electron chi connectivity index (χ2n) is 9.45. The standard InChI is InChI=1S/C27H34N6O6/c28-19(13-17-8-10-18(34)11-9-17)25(37)31-20-7-4-12-30-23(35)15-21(24(29)36)32-27(39)22(33-26(20)38)14-16-5-2-1-3-6-16/h1-3,5-6,8-11,19-22,34H,4,7,12-15,28H2,(H2,29,36)(H,30,35)(H,31,37)(H,32,39)(H,33,38)/t19-,20+,21-,22+/m0/s1. The first kappa shape index (κ1) is 29.1. The number of hydrogen-bond acceptors (Lipinski definition) is 7. The Bertz CT molecular complexity index is 1170. The number of carbonyl (C=O) groups is 5. The lowest BCUT2D eigenvalue weighted by atomic mass is 10.0. The van der Waals surface area contributed by atoms with E-state index >= 15 is 0 Å². The van der Waals surface area contributed by atoms with Crippen LogP contribution in [0.5, 0.6) is 5.75 Å². The van der Waals surface area contributed by atoms with Crippen molar-refractivity contribution in [1.29, 1.82) is 0 Å². The molecule has 1 heterocycles. The van der Waals surface area contributed by atoms with Crippen molar-refractivity contribution in [2.75, 3.05) is 6.54 Å². The number of benzene rings is 2. The summed E-state index contributed by atoms with van der Waals surface area (Å²) >= 11 is 0. The summed E-state index contributed by atoms with van der Waals surface area (Å²) in [6, 6.07) is 10.8. The van der Waals surface area contributed by atoms with Crippen molar-refractivity contribution in [2.24, 2.45) is 11.5 Å². The Morgan fingerprint density at radius 2 is 1.67 bits per heavy atom. The second kappa shape index (κ2) is 13.9. The average Bonchev–Trinajstić information content (AvgIpc) is 2.91. The molecule has 0 spiro atoms. The largest absolute Gasteiger partial charge is 0.508 e. The molecule has 5 amide bonds. The Kier molecular flexibility index (Phi) is 10.4. The van der Waals surface area contributed by atoms with Crippen molar-refractivity contribution in [3.05, 3.63) is 65.7 Å². The molecule has 0 bridgehead atoms. The molecular formula is C27H34N6O6. The molecular weight excluding hydrogens is 504 g/mol. The van der Waals surface area contributed by atoms with Gasteiger partial charge in [-0.25, -0.2) is 0 Å². The molecule has 3 rings (SSSR count). The number of rotatable bonds is 7. The van der Waals surface area contributed by atoms with Crippen LogP contribution in [0.15, 0.2) is 54.6 Å². The second-order valence-corrected chi connectivity index (χ2v) is 9.45. The Morgan fingerprint density at radius 3 is 2.33 bits per heavy atom. The molecule has 2 aromatic carbocycles. The lowest BCUT2D eigenvalue weighted by Crippen LogP contribution is -2.58. The van der Waals surface area contributed by atoms with Crippen LogP contribution >= 0.6 is 0 Å². The highest BCUT2D eigenvalue weighted by atomic mass is 16.3.